The van der Waals surface area contributed by atoms with Gasteiger partial charge in [0, 0.05) is 11.1 Å². The van der Waals surface area contributed by atoms with Crippen molar-refractivity contribution in [1.29, 1.82) is 0 Å². The van der Waals surface area contributed by atoms with Gasteiger partial charge in [-0.05, 0) is 68.8 Å². The van der Waals surface area contributed by atoms with E-state index in [1.807, 2.05) is 0 Å². The highest BCUT2D eigenvalue weighted by Gasteiger charge is 2.22. The number of aryl methyl sites for hydroxylation is 2. The van der Waals surface area contributed by atoms with Crippen molar-refractivity contribution in [1.82, 2.24) is 5.32 Å². The van der Waals surface area contributed by atoms with Crippen LogP contribution in [0, 0.1) is 19.8 Å². The lowest BCUT2D eigenvalue weighted by atomic mass is 10.0. The summed E-state index contributed by atoms with van der Waals surface area (Å²) in [7, 11) is 0. The Hall–Kier alpha value is -0.530. The maximum atomic E-state index is 6.29. The van der Waals surface area contributed by atoms with Crippen molar-refractivity contribution in [3.05, 3.63) is 33.8 Å². The fourth-order valence-corrected chi connectivity index (χ4v) is 2.29. The quantitative estimate of drug-likeness (QED) is 0.834. The van der Waals surface area contributed by atoms with Gasteiger partial charge in [-0.1, -0.05) is 17.7 Å². The van der Waals surface area contributed by atoms with Gasteiger partial charge < -0.3 is 5.32 Å². The Morgan fingerprint density at radius 1 is 1.31 bits per heavy atom. The lowest BCUT2D eigenvalue weighted by Crippen LogP contribution is -2.21. The molecule has 1 aliphatic rings. The zero-order chi connectivity index (χ0) is 11.7. The fraction of sp³-hybridized carbons (Fsp3) is 0.571. The Balaban J connectivity index is 2.08. The summed E-state index contributed by atoms with van der Waals surface area (Å²) in [5.74, 6) is 0.910. The van der Waals surface area contributed by atoms with Gasteiger partial charge in [0.05, 0.1) is 0 Å². The molecule has 0 radical (unpaired) electrons. The van der Waals surface area contributed by atoms with E-state index in [1.165, 1.54) is 29.5 Å². The Bertz CT molecular complexity index is 383. The van der Waals surface area contributed by atoms with Gasteiger partial charge in [-0.15, -0.1) is 0 Å². The van der Waals surface area contributed by atoms with Crippen LogP contribution in [0.15, 0.2) is 12.1 Å². The average Bonchev–Trinajstić information content (AvgIpc) is 3.03. The molecule has 1 unspecified atom stereocenters. The number of benzene rings is 1. The maximum Gasteiger partial charge on any atom is 0.0456 e. The summed E-state index contributed by atoms with van der Waals surface area (Å²) < 4.78 is 0. The first-order valence-electron chi connectivity index (χ1n) is 6.08. The molecule has 1 atom stereocenters. The monoisotopic (exact) mass is 237 g/mol. The number of halogens is 1. The van der Waals surface area contributed by atoms with Crippen LogP contribution in [0.1, 0.15) is 42.5 Å². The molecule has 1 aromatic rings. The first kappa shape index (κ1) is 11.9. The van der Waals surface area contributed by atoms with Gasteiger partial charge >= 0.3 is 0 Å². The highest BCUT2D eigenvalue weighted by molar-refractivity contribution is 6.31. The van der Waals surface area contributed by atoms with Crippen LogP contribution in [0.2, 0.25) is 5.02 Å². The standard InChI is InChI=1S/C14H20ClN/c1-9-6-13(14(15)7-10(9)2)11(3)16-8-12-4-5-12/h6-7,11-12,16H,4-5,8H2,1-3H3. The number of hydrogen-bond acceptors (Lipinski definition) is 1. The van der Waals surface area contributed by atoms with Crippen LogP contribution in [0.25, 0.3) is 0 Å². The van der Waals surface area contributed by atoms with Crippen molar-refractivity contribution in [2.24, 2.45) is 5.92 Å². The molecule has 88 valence electrons. The molecule has 0 bridgehead atoms. The molecule has 0 saturated heterocycles. The van der Waals surface area contributed by atoms with Crippen molar-refractivity contribution >= 4 is 11.6 Å². The molecule has 1 N–H and O–H groups in total. The minimum atomic E-state index is 0.354. The molecule has 1 nitrogen and oxygen atoms in total. The Labute approximate surface area is 103 Å². The summed E-state index contributed by atoms with van der Waals surface area (Å²) in [6.45, 7) is 7.57. The van der Waals surface area contributed by atoms with Gasteiger partial charge in [-0.2, -0.15) is 0 Å². The summed E-state index contributed by atoms with van der Waals surface area (Å²) in [5.41, 5.74) is 3.81. The van der Waals surface area contributed by atoms with Crippen molar-refractivity contribution in [2.75, 3.05) is 6.54 Å². The molecule has 2 heteroatoms. The molecule has 2 rings (SSSR count). The van der Waals surface area contributed by atoms with E-state index in [0.29, 0.717) is 6.04 Å². The smallest absolute Gasteiger partial charge is 0.0456 e. The predicted molar refractivity (Wildman–Crippen MR) is 70.1 cm³/mol. The molecule has 0 aliphatic heterocycles. The number of hydrogen-bond donors (Lipinski definition) is 1. The minimum absolute atomic E-state index is 0.354. The van der Waals surface area contributed by atoms with E-state index < -0.39 is 0 Å². The van der Waals surface area contributed by atoms with Gasteiger partial charge in [0.15, 0.2) is 0 Å². The zero-order valence-electron chi connectivity index (χ0n) is 10.3. The minimum Gasteiger partial charge on any atom is -0.310 e. The van der Waals surface area contributed by atoms with Crippen LogP contribution in [0.4, 0.5) is 0 Å². The van der Waals surface area contributed by atoms with Crippen LogP contribution in [0.3, 0.4) is 0 Å². The molecule has 1 aromatic carbocycles. The van der Waals surface area contributed by atoms with Gasteiger partial charge in [0.2, 0.25) is 0 Å². The first-order valence-corrected chi connectivity index (χ1v) is 6.45. The fourth-order valence-electron chi connectivity index (χ4n) is 1.91. The van der Waals surface area contributed by atoms with E-state index in [1.54, 1.807) is 0 Å². The lowest BCUT2D eigenvalue weighted by Gasteiger charge is -2.17. The molecule has 0 heterocycles. The lowest BCUT2D eigenvalue weighted by molar-refractivity contribution is 0.548. The highest BCUT2D eigenvalue weighted by atomic mass is 35.5. The maximum absolute atomic E-state index is 6.29. The summed E-state index contributed by atoms with van der Waals surface area (Å²) in [4.78, 5) is 0. The van der Waals surface area contributed by atoms with Crippen LogP contribution >= 0.6 is 11.6 Å². The molecule has 1 aliphatic carbocycles. The normalized spacial score (nSPS) is 17.5. The second-order valence-corrected chi connectivity index (χ2v) is 5.44. The molecule has 0 aromatic heterocycles. The van der Waals surface area contributed by atoms with Crippen molar-refractivity contribution < 1.29 is 0 Å². The van der Waals surface area contributed by atoms with Gasteiger partial charge in [-0.25, -0.2) is 0 Å². The SMILES string of the molecule is Cc1cc(Cl)c(C(C)NCC2CC2)cc1C. The Kier molecular flexibility index (Phi) is 3.56. The van der Waals surface area contributed by atoms with Gasteiger partial charge in [-0.3, -0.25) is 0 Å². The van der Waals surface area contributed by atoms with Crippen LogP contribution in [-0.4, -0.2) is 6.54 Å². The zero-order valence-corrected chi connectivity index (χ0v) is 11.1. The largest absolute Gasteiger partial charge is 0.310 e. The molecular formula is C14H20ClN. The highest BCUT2D eigenvalue weighted by Crippen LogP contribution is 2.30. The summed E-state index contributed by atoms with van der Waals surface area (Å²) >= 11 is 6.29. The average molecular weight is 238 g/mol. The number of rotatable bonds is 4. The number of nitrogens with one attached hydrogen (secondary N) is 1. The third-order valence-corrected chi connectivity index (χ3v) is 3.82. The van der Waals surface area contributed by atoms with Crippen molar-refractivity contribution in [3.63, 3.8) is 0 Å². The van der Waals surface area contributed by atoms with Gasteiger partial charge in [0.25, 0.3) is 0 Å². The van der Waals surface area contributed by atoms with Crippen LogP contribution in [-0.2, 0) is 0 Å². The van der Waals surface area contributed by atoms with Crippen LogP contribution in [0.5, 0.6) is 0 Å². The molecule has 1 fully saturated rings. The summed E-state index contributed by atoms with van der Waals surface area (Å²) in [5, 5.41) is 4.45. The van der Waals surface area contributed by atoms with E-state index in [4.69, 9.17) is 11.6 Å². The third kappa shape index (κ3) is 2.78. The Morgan fingerprint density at radius 3 is 2.56 bits per heavy atom. The first-order chi connectivity index (χ1) is 7.58. The van der Waals surface area contributed by atoms with Gasteiger partial charge in [0.1, 0.15) is 0 Å². The van der Waals surface area contributed by atoms with Crippen molar-refractivity contribution in [3.8, 4) is 0 Å². The third-order valence-electron chi connectivity index (χ3n) is 3.49. The molecule has 0 spiro atoms. The van der Waals surface area contributed by atoms with E-state index in [2.05, 4.69) is 38.2 Å². The Morgan fingerprint density at radius 2 is 1.94 bits per heavy atom. The summed E-state index contributed by atoms with van der Waals surface area (Å²) in [6.07, 6.45) is 2.78. The van der Waals surface area contributed by atoms with E-state index in [-0.39, 0.29) is 0 Å². The van der Waals surface area contributed by atoms with E-state index in [0.717, 1.165) is 17.5 Å². The van der Waals surface area contributed by atoms with E-state index in [9.17, 15) is 0 Å². The topological polar surface area (TPSA) is 12.0 Å². The molecular weight excluding hydrogens is 218 g/mol. The van der Waals surface area contributed by atoms with E-state index >= 15 is 0 Å². The molecule has 1 saturated carbocycles. The van der Waals surface area contributed by atoms with Crippen LogP contribution < -0.4 is 5.32 Å². The second-order valence-electron chi connectivity index (χ2n) is 5.03. The molecule has 0 amide bonds. The van der Waals surface area contributed by atoms with Crippen molar-refractivity contribution in [2.45, 2.75) is 39.7 Å². The molecule has 16 heavy (non-hydrogen) atoms. The second kappa shape index (κ2) is 4.77. The summed E-state index contributed by atoms with van der Waals surface area (Å²) in [6, 6.07) is 4.64. The predicted octanol–water partition coefficient (Wildman–Crippen LogP) is 4.02.